The highest BCUT2D eigenvalue weighted by atomic mass is 19.4. The first kappa shape index (κ1) is 44.9. The van der Waals surface area contributed by atoms with Crippen molar-refractivity contribution in [3.05, 3.63) is 229 Å². The van der Waals surface area contributed by atoms with Gasteiger partial charge in [0.15, 0.2) is 17.5 Å². The van der Waals surface area contributed by atoms with Gasteiger partial charge in [-0.1, -0.05) is 169 Å². The van der Waals surface area contributed by atoms with Gasteiger partial charge in [-0.2, -0.15) is 26.3 Å². The van der Waals surface area contributed by atoms with Crippen molar-refractivity contribution < 1.29 is 26.3 Å². The quantitative estimate of drug-likeness (QED) is 0.143. The minimum Gasteiger partial charge on any atom is -0.308 e. The highest BCUT2D eigenvalue weighted by Crippen LogP contribution is 2.49. The Hall–Kier alpha value is -8.63. The summed E-state index contributed by atoms with van der Waals surface area (Å²) in [6, 6.07) is 59.7. The van der Waals surface area contributed by atoms with Gasteiger partial charge in [0.25, 0.3) is 0 Å². The predicted molar refractivity (Wildman–Crippen MR) is 272 cm³/mol. The second-order valence-corrected chi connectivity index (χ2v) is 17.6. The van der Waals surface area contributed by atoms with Gasteiger partial charge in [0, 0.05) is 38.6 Å². The van der Waals surface area contributed by atoms with E-state index in [0.717, 1.165) is 56.3 Å². The lowest BCUT2D eigenvalue weighted by Gasteiger charge is -2.24. The lowest BCUT2D eigenvalue weighted by atomic mass is 9.88. The van der Waals surface area contributed by atoms with Crippen molar-refractivity contribution in [2.75, 3.05) is 0 Å². The molecule has 0 radical (unpaired) electrons. The van der Waals surface area contributed by atoms with Crippen LogP contribution in [-0.4, -0.2) is 19.5 Å². The average Bonchev–Trinajstić information content (AvgIpc) is 3.70. The van der Waals surface area contributed by atoms with E-state index in [1.54, 1.807) is 12.1 Å². The molecular weight excluding hydrogens is 903 g/mol. The third kappa shape index (κ3) is 8.52. The van der Waals surface area contributed by atoms with E-state index in [1.807, 2.05) is 152 Å². The molecule has 4 nitrogen and oxygen atoms in total. The third-order valence-electron chi connectivity index (χ3n) is 12.8. The zero-order chi connectivity index (χ0) is 49.0. The molecule has 0 saturated carbocycles. The normalized spacial score (nSPS) is 11.9. The van der Waals surface area contributed by atoms with E-state index in [1.165, 1.54) is 36.4 Å². The number of rotatable bonds is 8. The van der Waals surface area contributed by atoms with Gasteiger partial charge in [-0.05, 0) is 95.8 Å². The Labute approximate surface area is 405 Å². The number of nitrogens with zero attached hydrogens (tertiary/aromatic N) is 4. The van der Waals surface area contributed by atoms with Crippen LogP contribution in [0.5, 0.6) is 0 Å². The molecule has 346 valence electrons. The maximum Gasteiger partial charge on any atom is 0.417 e. The summed E-state index contributed by atoms with van der Waals surface area (Å²) >= 11 is 0. The van der Waals surface area contributed by atoms with E-state index in [9.17, 15) is 0 Å². The SMILES string of the molecule is Cc1cccc(-c2ccc3c(c2)c2cc(-c4cccc(C)c4)ccc2n3-c2c(-c3ccccc3C(F)(F)F)cc(-c3nc(-c4ccccc4)nc(-c4ccccc4)n3)cc2-c2ccccc2C(F)(F)F)c1. The molecule has 0 aliphatic carbocycles. The zero-order valence-corrected chi connectivity index (χ0v) is 38.2. The Morgan fingerprint density at radius 3 is 1.10 bits per heavy atom. The fourth-order valence-corrected chi connectivity index (χ4v) is 9.56. The van der Waals surface area contributed by atoms with Gasteiger partial charge in [-0.3, -0.25) is 0 Å². The first-order valence-corrected chi connectivity index (χ1v) is 22.9. The van der Waals surface area contributed by atoms with Crippen molar-refractivity contribution in [1.29, 1.82) is 0 Å². The van der Waals surface area contributed by atoms with Crippen molar-refractivity contribution in [3.63, 3.8) is 0 Å². The molecule has 0 aliphatic heterocycles. The molecule has 11 rings (SSSR count). The van der Waals surface area contributed by atoms with Crippen molar-refractivity contribution in [2.45, 2.75) is 26.2 Å². The van der Waals surface area contributed by atoms with Crippen molar-refractivity contribution in [2.24, 2.45) is 0 Å². The van der Waals surface area contributed by atoms with Crippen molar-refractivity contribution >= 4 is 21.8 Å². The largest absolute Gasteiger partial charge is 0.417 e. The van der Waals surface area contributed by atoms with Gasteiger partial charge in [0.05, 0.1) is 27.8 Å². The molecule has 0 bridgehead atoms. The monoisotopic (exact) mass is 942 g/mol. The van der Waals surface area contributed by atoms with Gasteiger partial charge in [0.2, 0.25) is 0 Å². The summed E-state index contributed by atoms with van der Waals surface area (Å²) < 4.78 is 95.1. The average molecular weight is 943 g/mol. The Balaban J connectivity index is 1.31. The first-order valence-electron chi connectivity index (χ1n) is 22.9. The summed E-state index contributed by atoms with van der Waals surface area (Å²) in [7, 11) is 0. The smallest absolute Gasteiger partial charge is 0.308 e. The molecule has 0 fully saturated rings. The molecule has 71 heavy (non-hydrogen) atoms. The van der Waals surface area contributed by atoms with Gasteiger partial charge in [0.1, 0.15) is 0 Å². The number of aryl methyl sites for hydroxylation is 2. The third-order valence-corrected chi connectivity index (χ3v) is 12.8. The summed E-state index contributed by atoms with van der Waals surface area (Å²) in [5.74, 6) is 0.585. The van der Waals surface area contributed by atoms with Crippen LogP contribution in [0.15, 0.2) is 206 Å². The zero-order valence-electron chi connectivity index (χ0n) is 38.2. The van der Waals surface area contributed by atoms with Gasteiger partial charge in [-0.25, -0.2) is 15.0 Å². The van der Waals surface area contributed by atoms with Crippen LogP contribution in [-0.2, 0) is 12.4 Å². The number of hydrogen-bond donors (Lipinski definition) is 0. The van der Waals surface area contributed by atoms with E-state index in [-0.39, 0.29) is 51.0 Å². The van der Waals surface area contributed by atoms with Crippen LogP contribution in [0.25, 0.3) is 106 Å². The maximum absolute atomic E-state index is 15.5. The fraction of sp³-hybridized carbons (Fsp3) is 0.0656. The number of aromatic nitrogens is 4. The van der Waals surface area contributed by atoms with Gasteiger partial charge in [-0.15, -0.1) is 0 Å². The highest BCUT2D eigenvalue weighted by Gasteiger charge is 2.37. The number of hydrogen-bond acceptors (Lipinski definition) is 3. The van der Waals surface area contributed by atoms with Crippen LogP contribution in [0.4, 0.5) is 26.3 Å². The number of alkyl halides is 6. The molecule has 0 aliphatic rings. The van der Waals surface area contributed by atoms with E-state index in [2.05, 4.69) is 12.1 Å². The molecule has 0 saturated heterocycles. The van der Waals surface area contributed by atoms with E-state index >= 15 is 26.3 Å². The Morgan fingerprint density at radius 1 is 0.324 bits per heavy atom. The Kier molecular flexibility index (Phi) is 11.2. The van der Waals surface area contributed by atoms with Crippen LogP contribution < -0.4 is 0 Å². The van der Waals surface area contributed by atoms with Crippen LogP contribution in [0.1, 0.15) is 22.3 Å². The lowest BCUT2D eigenvalue weighted by molar-refractivity contribution is -0.137. The topological polar surface area (TPSA) is 43.6 Å². The maximum atomic E-state index is 15.5. The van der Waals surface area contributed by atoms with E-state index < -0.39 is 23.5 Å². The second-order valence-electron chi connectivity index (χ2n) is 17.6. The van der Waals surface area contributed by atoms with Crippen molar-refractivity contribution in [1.82, 2.24) is 19.5 Å². The predicted octanol–water partition coefficient (Wildman–Crippen LogP) is 17.3. The van der Waals surface area contributed by atoms with Gasteiger partial charge < -0.3 is 4.57 Å². The van der Waals surface area contributed by atoms with Crippen molar-refractivity contribution in [3.8, 4) is 84.4 Å². The molecular formula is C61H40F6N4. The number of halogens is 6. The van der Waals surface area contributed by atoms with Crippen LogP contribution in [0.2, 0.25) is 0 Å². The van der Waals surface area contributed by atoms with Crippen LogP contribution >= 0.6 is 0 Å². The van der Waals surface area contributed by atoms with Crippen LogP contribution in [0, 0.1) is 13.8 Å². The number of fused-ring (bicyclic) bond motifs is 3. The fourth-order valence-electron chi connectivity index (χ4n) is 9.56. The highest BCUT2D eigenvalue weighted by molar-refractivity contribution is 6.13. The molecule has 0 spiro atoms. The molecule has 0 N–H and O–H groups in total. The minimum absolute atomic E-state index is 0.00894. The second kappa shape index (κ2) is 17.7. The molecule has 2 aromatic heterocycles. The molecule has 0 amide bonds. The van der Waals surface area contributed by atoms with E-state index in [4.69, 9.17) is 15.0 Å². The Morgan fingerprint density at radius 2 is 0.690 bits per heavy atom. The standard InChI is InChI=1S/C61H40F6N4/c1-37-15-13-21-41(31-37)43-27-29-54-48(33-43)49-34-44(42-22-14-16-38(2)32-42)28-30-55(49)71(54)56-50(46-23-9-11-25-52(46)60(62,63)64)35-45(36-51(56)47-24-10-12-26-53(47)61(65,66)67)59-69-57(39-17-5-3-6-18-39)68-58(70-59)40-19-7-4-8-20-40/h3-36H,1-2H3. The summed E-state index contributed by atoms with van der Waals surface area (Å²) in [5.41, 5.74) is 6.07. The summed E-state index contributed by atoms with van der Waals surface area (Å²) in [5, 5.41) is 1.50. The summed E-state index contributed by atoms with van der Waals surface area (Å²) in [6.07, 6.45) is -9.73. The van der Waals surface area contributed by atoms with Crippen LogP contribution in [0.3, 0.4) is 0 Å². The molecule has 0 atom stereocenters. The molecule has 10 heteroatoms. The minimum atomic E-state index is -4.87. The number of benzene rings is 9. The Bertz CT molecular complexity index is 3580. The summed E-state index contributed by atoms with van der Waals surface area (Å²) in [6.45, 7) is 4.02. The first-order chi connectivity index (χ1) is 34.3. The van der Waals surface area contributed by atoms with E-state index in [0.29, 0.717) is 22.2 Å². The molecule has 0 unspecified atom stereocenters. The molecule has 11 aromatic rings. The molecule has 2 heterocycles. The lowest BCUT2D eigenvalue weighted by Crippen LogP contribution is -2.11. The molecule has 9 aromatic carbocycles. The van der Waals surface area contributed by atoms with Gasteiger partial charge >= 0.3 is 12.4 Å². The summed E-state index contributed by atoms with van der Waals surface area (Å²) in [4.78, 5) is 14.7.